The van der Waals surface area contributed by atoms with E-state index in [9.17, 15) is 0 Å². The van der Waals surface area contributed by atoms with E-state index in [0.717, 1.165) is 11.1 Å². The van der Waals surface area contributed by atoms with E-state index in [-0.39, 0.29) is 0 Å². The van der Waals surface area contributed by atoms with Gasteiger partial charge in [0.15, 0.2) is 11.5 Å². The van der Waals surface area contributed by atoms with E-state index >= 15 is 0 Å². The van der Waals surface area contributed by atoms with Gasteiger partial charge in [-0.1, -0.05) is 12.1 Å². The summed E-state index contributed by atoms with van der Waals surface area (Å²) in [6.07, 6.45) is 0. The number of methoxy groups -OCH3 is 2. The van der Waals surface area contributed by atoms with Gasteiger partial charge in [0.25, 0.3) is 0 Å². The highest BCUT2D eigenvalue weighted by molar-refractivity contribution is 5.46. The van der Waals surface area contributed by atoms with Crippen LogP contribution in [0.1, 0.15) is 16.7 Å². The Morgan fingerprint density at radius 2 is 1.71 bits per heavy atom. The highest BCUT2D eigenvalue weighted by Gasteiger charge is 2.07. The van der Waals surface area contributed by atoms with Gasteiger partial charge in [0.1, 0.15) is 18.4 Å². The fourth-order valence-electron chi connectivity index (χ4n) is 1.97. The standard InChI is InChI=1S/C17H17NO3/c1-12-4-7-15(17(8-12)20-3)21-11-13-5-6-14(10-18)16(9-13)19-2/h4-9H,11H2,1-3H3. The van der Waals surface area contributed by atoms with E-state index in [2.05, 4.69) is 6.07 Å². The van der Waals surface area contributed by atoms with Crippen molar-refractivity contribution in [3.05, 3.63) is 53.1 Å². The summed E-state index contributed by atoms with van der Waals surface area (Å²) in [6.45, 7) is 2.37. The minimum absolute atomic E-state index is 0.376. The summed E-state index contributed by atoms with van der Waals surface area (Å²) < 4.78 is 16.3. The molecule has 0 spiro atoms. The number of hydrogen-bond donors (Lipinski definition) is 0. The van der Waals surface area contributed by atoms with Crippen LogP contribution in [0.2, 0.25) is 0 Å². The van der Waals surface area contributed by atoms with Crippen LogP contribution in [0.5, 0.6) is 17.2 Å². The highest BCUT2D eigenvalue weighted by atomic mass is 16.5. The van der Waals surface area contributed by atoms with E-state index in [1.165, 1.54) is 0 Å². The molecule has 0 saturated heterocycles. The van der Waals surface area contributed by atoms with Crippen molar-refractivity contribution in [2.45, 2.75) is 13.5 Å². The Kier molecular flexibility index (Phi) is 4.68. The van der Waals surface area contributed by atoms with E-state index in [1.54, 1.807) is 26.4 Å². The van der Waals surface area contributed by atoms with Crippen molar-refractivity contribution in [3.63, 3.8) is 0 Å². The van der Waals surface area contributed by atoms with Crippen LogP contribution < -0.4 is 14.2 Å². The summed E-state index contributed by atoms with van der Waals surface area (Å²) in [4.78, 5) is 0. The average molecular weight is 283 g/mol. The minimum atomic E-state index is 0.376. The normalized spacial score (nSPS) is 9.81. The minimum Gasteiger partial charge on any atom is -0.495 e. The van der Waals surface area contributed by atoms with Gasteiger partial charge in [-0.25, -0.2) is 0 Å². The molecule has 2 aromatic carbocycles. The predicted octanol–water partition coefficient (Wildman–Crippen LogP) is 3.46. The van der Waals surface area contributed by atoms with Crippen molar-refractivity contribution in [1.29, 1.82) is 5.26 Å². The maximum absolute atomic E-state index is 8.96. The zero-order valence-electron chi connectivity index (χ0n) is 12.3. The summed E-state index contributed by atoms with van der Waals surface area (Å²) in [5, 5.41) is 8.96. The van der Waals surface area contributed by atoms with Gasteiger partial charge in [-0.2, -0.15) is 5.26 Å². The van der Waals surface area contributed by atoms with Crippen molar-refractivity contribution in [3.8, 4) is 23.3 Å². The second kappa shape index (κ2) is 6.67. The number of nitriles is 1. The van der Waals surface area contributed by atoms with Gasteiger partial charge >= 0.3 is 0 Å². The summed E-state index contributed by atoms with van der Waals surface area (Å²) in [7, 11) is 3.16. The van der Waals surface area contributed by atoms with Crippen molar-refractivity contribution in [1.82, 2.24) is 0 Å². The molecule has 2 aromatic rings. The van der Waals surface area contributed by atoms with Crippen LogP contribution in [-0.4, -0.2) is 14.2 Å². The smallest absolute Gasteiger partial charge is 0.161 e. The first kappa shape index (κ1) is 14.7. The molecule has 0 saturated carbocycles. The van der Waals surface area contributed by atoms with E-state index < -0.39 is 0 Å². The molecule has 0 unspecified atom stereocenters. The molecular formula is C17H17NO3. The number of ether oxygens (including phenoxy) is 3. The molecule has 0 fully saturated rings. The van der Waals surface area contributed by atoms with Crippen molar-refractivity contribution >= 4 is 0 Å². The third kappa shape index (κ3) is 3.46. The Labute approximate surface area is 124 Å². The number of aryl methyl sites for hydroxylation is 1. The van der Waals surface area contributed by atoms with E-state index in [1.807, 2.05) is 31.2 Å². The largest absolute Gasteiger partial charge is 0.495 e. The molecular weight excluding hydrogens is 266 g/mol. The number of nitrogens with zero attached hydrogens (tertiary/aromatic N) is 1. The zero-order valence-corrected chi connectivity index (χ0v) is 12.3. The molecule has 0 aliphatic rings. The molecule has 0 aromatic heterocycles. The summed E-state index contributed by atoms with van der Waals surface area (Å²) in [5.41, 5.74) is 2.54. The number of benzene rings is 2. The molecule has 0 atom stereocenters. The van der Waals surface area contributed by atoms with Gasteiger partial charge in [0.2, 0.25) is 0 Å². The Bertz CT molecular complexity index is 674. The highest BCUT2D eigenvalue weighted by Crippen LogP contribution is 2.29. The lowest BCUT2D eigenvalue weighted by atomic mass is 10.1. The van der Waals surface area contributed by atoms with E-state index in [0.29, 0.717) is 29.4 Å². The lowest BCUT2D eigenvalue weighted by molar-refractivity contribution is 0.283. The first-order chi connectivity index (χ1) is 10.2. The molecule has 0 aliphatic carbocycles. The van der Waals surface area contributed by atoms with E-state index in [4.69, 9.17) is 19.5 Å². The lowest BCUT2D eigenvalue weighted by Gasteiger charge is -2.12. The summed E-state index contributed by atoms with van der Waals surface area (Å²) >= 11 is 0. The Balaban J connectivity index is 2.15. The molecule has 0 N–H and O–H groups in total. The second-order valence-corrected chi connectivity index (χ2v) is 4.59. The molecule has 0 radical (unpaired) electrons. The molecule has 21 heavy (non-hydrogen) atoms. The van der Waals surface area contributed by atoms with Crippen LogP contribution in [0.15, 0.2) is 36.4 Å². The fraction of sp³-hybridized carbons (Fsp3) is 0.235. The van der Waals surface area contributed by atoms with Crippen molar-refractivity contribution in [2.24, 2.45) is 0 Å². The average Bonchev–Trinajstić information content (AvgIpc) is 2.53. The maximum Gasteiger partial charge on any atom is 0.161 e. The molecule has 0 aliphatic heterocycles. The Hall–Kier alpha value is -2.67. The van der Waals surface area contributed by atoms with Gasteiger partial charge in [-0.3, -0.25) is 0 Å². The Morgan fingerprint density at radius 3 is 2.38 bits per heavy atom. The topological polar surface area (TPSA) is 51.5 Å². The SMILES string of the molecule is COc1cc(COc2ccc(C)cc2OC)ccc1C#N. The molecule has 2 rings (SSSR count). The molecule has 4 nitrogen and oxygen atoms in total. The maximum atomic E-state index is 8.96. The molecule has 0 heterocycles. The first-order valence-corrected chi connectivity index (χ1v) is 6.52. The quantitative estimate of drug-likeness (QED) is 0.843. The summed E-state index contributed by atoms with van der Waals surface area (Å²) in [5.74, 6) is 1.94. The van der Waals surface area contributed by atoms with Crippen LogP contribution in [-0.2, 0) is 6.61 Å². The Morgan fingerprint density at radius 1 is 0.952 bits per heavy atom. The summed E-state index contributed by atoms with van der Waals surface area (Å²) in [6, 6.07) is 13.2. The lowest BCUT2D eigenvalue weighted by Crippen LogP contribution is -1.99. The second-order valence-electron chi connectivity index (χ2n) is 4.59. The van der Waals surface area contributed by atoms with Gasteiger partial charge in [-0.05, 0) is 42.3 Å². The zero-order chi connectivity index (χ0) is 15.2. The van der Waals surface area contributed by atoms with Crippen LogP contribution in [0.4, 0.5) is 0 Å². The van der Waals surface area contributed by atoms with Crippen molar-refractivity contribution < 1.29 is 14.2 Å². The third-order valence-electron chi connectivity index (χ3n) is 3.10. The fourth-order valence-corrected chi connectivity index (χ4v) is 1.97. The molecule has 108 valence electrons. The van der Waals surface area contributed by atoms with Crippen LogP contribution in [0.25, 0.3) is 0 Å². The van der Waals surface area contributed by atoms with Gasteiger partial charge in [0.05, 0.1) is 19.8 Å². The van der Waals surface area contributed by atoms with Gasteiger partial charge < -0.3 is 14.2 Å². The predicted molar refractivity (Wildman–Crippen MR) is 79.8 cm³/mol. The van der Waals surface area contributed by atoms with Gasteiger partial charge in [0, 0.05) is 0 Å². The molecule has 0 bridgehead atoms. The first-order valence-electron chi connectivity index (χ1n) is 6.52. The van der Waals surface area contributed by atoms with Gasteiger partial charge in [-0.15, -0.1) is 0 Å². The molecule has 4 heteroatoms. The number of rotatable bonds is 5. The molecule has 0 amide bonds. The monoisotopic (exact) mass is 283 g/mol. The van der Waals surface area contributed by atoms with Crippen LogP contribution in [0.3, 0.4) is 0 Å². The van der Waals surface area contributed by atoms with Crippen LogP contribution in [0, 0.1) is 18.3 Å². The number of hydrogen-bond acceptors (Lipinski definition) is 4. The van der Waals surface area contributed by atoms with Crippen LogP contribution >= 0.6 is 0 Å². The van der Waals surface area contributed by atoms with Crippen molar-refractivity contribution in [2.75, 3.05) is 14.2 Å². The third-order valence-corrected chi connectivity index (χ3v) is 3.10.